The van der Waals surface area contributed by atoms with Crippen molar-refractivity contribution >= 4 is 11.8 Å². The van der Waals surface area contributed by atoms with Crippen molar-refractivity contribution in [1.82, 2.24) is 5.32 Å². The SMILES string of the molecule is CNC1CCC(C)CC1Sc1ccc(C)c(C)c1. The highest BCUT2D eigenvalue weighted by molar-refractivity contribution is 8.00. The molecule has 1 N–H and O–H groups in total. The van der Waals surface area contributed by atoms with Crippen LogP contribution in [0.1, 0.15) is 37.3 Å². The molecule has 0 bridgehead atoms. The van der Waals surface area contributed by atoms with E-state index in [0.717, 1.165) is 11.2 Å². The quantitative estimate of drug-likeness (QED) is 0.878. The molecule has 0 saturated heterocycles. The highest BCUT2D eigenvalue weighted by Gasteiger charge is 2.28. The van der Waals surface area contributed by atoms with Gasteiger partial charge < -0.3 is 5.32 Å². The van der Waals surface area contributed by atoms with Gasteiger partial charge in [0.15, 0.2) is 0 Å². The van der Waals surface area contributed by atoms with E-state index in [4.69, 9.17) is 0 Å². The van der Waals surface area contributed by atoms with Gasteiger partial charge in [0, 0.05) is 16.2 Å². The second-order valence-corrected chi connectivity index (χ2v) is 7.03. The molecule has 0 radical (unpaired) electrons. The summed E-state index contributed by atoms with van der Waals surface area (Å²) in [5, 5.41) is 4.22. The summed E-state index contributed by atoms with van der Waals surface area (Å²) < 4.78 is 0. The van der Waals surface area contributed by atoms with Crippen LogP contribution in [-0.4, -0.2) is 18.3 Å². The maximum Gasteiger partial charge on any atom is 0.0250 e. The van der Waals surface area contributed by atoms with Crippen molar-refractivity contribution < 1.29 is 0 Å². The molecule has 3 atom stereocenters. The molecular formula is C16H25NS. The molecule has 18 heavy (non-hydrogen) atoms. The van der Waals surface area contributed by atoms with Crippen molar-refractivity contribution in [2.75, 3.05) is 7.05 Å². The van der Waals surface area contributed by atoms with Crippen LogP contribution >= 0.6 is 11.8 Å². The average Bonchev–Trinajstić information content (AvgIpc) is 2.34. The first kappa shape index (κ1) is 14.0. The lowest BCUT2D eigenvalue weighted by atomic mass is 9.87. The highest BCUT2D eigenvalue weighted by atomic mass is 32.2. The number of hydrogen-bond donors (Lipinski definition) is 1. The summed E-state index contributed by atoms with van der Waals surface area (Å²) in [5.74, 6) is 0.874. The van der Waals surface area contributed by atoms with Crippen LogP contribution in [0, 0.1) is 19.8 Å². The number of hydrogen-bond acceptors (Lipinski definition) is 2. The molecule has 1 aliphatic carbocycles. The largest absolute Gasteiger partial charge is 0.316 e. The zero-order valence-corrected chi connectivity index (χ0v) is 12.8. The number of aryl methyl sites for hydroxylation is 2. The van der Waals surface area contributed by atoms with Gasteiger partial charge in [-0.25, -0.2) is 0 Å². The third-order valence-electron chi connectivity index (χ3n) is 4.19. The average molecular weight is 263 g/mol. The van der Waals surface area contributed by atoms with E-state index < -0.39 is 0 Å². The summed E-state index contributed by atoms with van der Waals surface area (Å²) in [4.78, 5) is 1.43. The molecule has 0 amide bonds. The van der Waals surface area contributed by atoms with E-state index in [9.17, 15) is 0 Å². The molecule has 100 valence electrons. The zero-order valence-electron chi connectivity index (χ0n) is 12.0. The minimum atomic E-state index is 0.674. The lowest BCUT2D eigenvalue weighted by molar-refractivity contribution is 0.329. The Morgan fingerprint density at radius 2 is 1.94 bits per heavy atom. The van der Waals surface area contributed by atoms with E-state index in [-0.39, 0.29) is 0 Å². The van der Waals surface area contributed by atoms with Gasteiger partial charge >= 0.3 is 0 Å². The van der Waals surface area contributed by atoms with Crippen LogP contribution in [-0.2, 0) is 0 Å². The first-order chi connectivity index (χ1) is 8.60. The molecule has 3 unspecified atom stereocenters. The topological polar surface area (TPSA) is 12.0 Å². The summed E-state index contributed by atoms with van der Waals surface area (Å²) >= 11 is 2.06. The number of benzene rings is 1. The minimum absolute atomic E-state index is 0.674. The van der Waals surface area contributed by atoms with Crippen LogP contribution in [0.4, 0.5) is 0 Å². The highest BCUT2D eigenvalue weighted by Crippen LogP contribution is 2.36. The van der Waals surface area contributed by atoms with Gasteiger partial charge in [0.25, 0.3) is 0 Å². The molecule has 1 aliphatic rings. The zero-order chi connectivity index (χ0) is 13.1. The van der Waals surface area contributed by atoms with Crippen LogP contribution < -0.4 is 5.32 Å². The van der Waals surface area contributed by atoms with Gasteiger partial charge in [-0.2, -0.15) is 0 Å². The van der Waals surface area contributed by atoms with Gasteiger partial charge in [-0.05, 0) is 69.3 Å². The minimum Gasteiger partial charge on any atom is -0.316 e. The Morgan fingerprint density at radius 1 is 1.17 bits per heavy atom. The van der Waals surface area contributed by atoms with Gasteiger partial charge in [0.2, 0.25) is 0 Å². The first-order valence-corrected chi connectivity index (χ1v) is 7.89. The monoisotopic (exact) mass is 263 g/mol. The summed E-state index contributed by atoms with van der Waals surface area (Å²) in [5.41, 5.74) is 2.80. The fourth-order valence-corrected chi connectivity index (χ4v) is 4.35. The van der Waals surface area contributed by atoms with Crippen LogP contribution in [0.15, 0.2) is 23.1 Å². The molecule has 0 aromatic heterocycles. The smallest absolute Gasteiger partial charge is 0.0250 e. The number of thioether (sulfide) groups is 1. The molecule has 0 spiro atoms. The molecule has 1 aromatic carbocycles. The van der Waals surface area contributed by atoms with E-state index in [1.54, 1.807) is 0 Å². The van der Waals surface area contributed by atoms with Crippen molar-refractivity contribution in [3.8, 4) is 0 Å². The molecule has 1 fully saturated rings. The predicted molar refractivity (Wildman–Crippen MR) is 81.4 cm³/mol. The Morgan fingerprint density at radius 3 is 2.61 bits per heavy atom. The van der Waals surface area contributed by atoms with Crippen LogP contribution in [0.2, 0.25) is 0 Å². The Labute approximate surface area is 116 Å². The van der Waals surface area contributed by atoms with E-state index in [1.165, 1.54) is 35.3 Å². The lowest BCUT2D eigenvalue weighted by Gasteiger charge is -2.34. The maximum atomic E-state index is 3.50. The Hall–Kier alpha value is -0.470. The summed E-state index contributed by atoms with van der Waals surface area (Å²) in [6.45, 7) is 6.78. The fourth-order valence-electron chi connectivity index (χ4n) is 2.75. The van der Waals surface area contributed by atoms with Gasteiger partial charge in [0.05, 0.1) is 0 Å². The van der Waals surface area contributed by atoms with Crippen molar-refractivity contribution in [1.29, 1.82) is 0 Å². The number of rotatable bonds is 3. The van der Waals surface area contributed by atoms with Crippen molar-refractivity contribution in [2.24, 2.45) is 5.92 Å². The second-order valence-electron chi connectivity index (χ2n) is 5.72. The van der Waals surface area contributed by atoms with Crippen LogP contribution in [0.5, 0.6) is 0 Å². The van der Waals surface area contributed by atoms with Crippen molar-refractivity contribution in [3.63, 3.8) is 0 Å². The molecule has 1 saturated carbocycles. The van der Waals surface area contributed by atoms with Gasteiger partial charge in [-0.1, -0.05) is 13.0 Å². The van der Waals surface area contributed by atoms with Crippen LogP contribution in [0.25, 0.3) is 0 Å². The van der Waals surface area contributed by atoms with Crippen LogP contribution in [0.3, 0.4) is 0 Å². The Balaban J connectivity index is 2.08. The fraction of sp³-hybridized carbons (Fsp3) is 0.625. The maximum absolute atomic E-state index is 3.50. The predicted octanol–water partition coefficient (Wildman–Crippen LogP) is 4.17. The third kappa shape index (κ3) is 3.30. The molecule has 0 aliphatic heterocycles. The summed E-state index contributed by atoms with van der Waals surface area (Å²) in [7, 11) is 2.11. The normalized spacial score (nSPS) is 28.3. The molecule has 1 nitrogen and oxygen atoms in total. The van der Waals surface area contributed by atoms with E-state index in [1.807, 2.05) is 0 Å². The second kappa shape index (κ2) is 6.12. The van der Waals surface area contributed by atoms with E-state index in [2.05, 4.69) is 63.1 Å². The van der Waals surface area contributed by atoms with E-state index >= 15 is 0 Å². The third-order valence-corrected chi connectivity index (χ3v) is 5.54. The molecule has 0 heterocycles. The van der Waals surface area contributed by atoms with Gasteiger partial charge in [-0.3, -0.25) is 0 Å². The Bertz CT molecular complexity index is 402. The van der Waals surface area contributed by atoms with Crippen molar-refractivity contribution in [3.05, 3.63) is 29.3 Å². The van der Waals surface area contributed by atoms with Gasteiger partial charge in [-0.15, -0.1) is 11.8 Å². The van der Waals surface area contributed by atoms with E-state index in [0.29, 0.717) is 6.04 Å². The summed E-state index contributed by atoms with van der Waals surface area (Å²) in [6, 6.07) is 7.54. The van der Waals surface area contributed by atoms with Gasteiger partial charge in [0.1, 0.15) is 0 Å². The molecular weight excluding hydrogens is 238 g/mol. The first-order valence-electron chi connectivity index (χ1n) is 7.01. The Kier molecular flexibility index (Phi) is 4.74. The van der Waals surface area contributed by atoms with Crippen molar-refractivity contribution in [2.45, 2.75) is 56.2 Å². The molecule has 2 heteroatoms. The molecule has 1 aromatic rings. The standard InChI is InChI=1S/C16H25NS/c1-11-5-8-15(17-4)16(9-11)18-14-7-6-12(2)13(3)10-14/h6-7,10-11,15-17H,5,8-9H2,1-4H3. The lowest BCUT2D eigenvalue weighted by Crippen LogP contribution is -2.40. The molecule has 2 rings (SSSR count). The number of nitrogens with one attached hydrogen (secondary N) is 1. The summed E-state index contributed by atoms with van der Waals surface area (Å²) in [6.07, 6.45) is 4.03.